The van der Waals surface area contributed by atoms with Crippen LogP contribution in [0.3, 0.4) is 0 Å². The van der Waals surface area contributed by atoms with E-state index >= 15 is 0 Å². The minimum Gasteiger partial charge on any atom is -0.352 e. The van der Waals surface area contributed by atoms with Gasteiger partial charge in [-0.3, -0.25) is 0 Å². The van der Waals surface area contributed by atoms with Crippen LogP contribution in [0.5, 0.6) is 0 Å². The first-order chi connectivity index (χ1) is 8.81. The van der Waals surface area contributed by atoms with E-state index in [1.165, 1.54) is 32.1 Å². The number of hydrogen-bond acceptors (Lipinski definition) is 3. The highest BCUT2D eigenvalue weighted by Crippen LogP contribution is 2.39. The third-order valence-electron chi connectivity index (χ3n) is 4.53. The Morgan fingerprint density at radius 3 is 3.00 bits per heavy atom. The maximum atomic E-state index is 9.34. The van der Waals surface area contributed by atoms with E-state index in [0.29, 0.717) is 6.04 Å². The Bertz CT molecular complexity index is 489. The maximum absolute atomic E-state index is 9.34. The first-order valence-corrected chi connectivity index (χ1v) is 6.93. The summed E-state index contributed by atoms with van der Waals surface area (Å²) in [4.78, 5) is 6.89. The normalized spacial score (nSPS) is 26.8. The Morgan fingerprint density at radius 2 is 2.17 bits per heavy atom. The minimum atomic E-state index is 0.625. The smallest absolute Gasteiger partial charge is 0.147 e. The highest BCUT2D eigenvalue weighted by molar-refractivity contribution is 5.58. The molecule has 3 nitrogen and oxygen atoms in total. The molecule has 94 valence electrons. The van der Waals surface area contributed by atoms with Gasteiger partial charge in [0, 0.05) is 18.8 Å². The lowest BCUT2D eigenvalue weighted by Gasteiger charge is -2.32. The Hall–Kier alpha value is -1.56. The van der Waals surface area contributed by atoms with E-state index in [1.807, 2.05) is 19.2 Å². The van der Waals surface area contributed by atoms with Crippen LogP contribution in [0, 0.1) is 24.2 Å². The quantitative estimate of drug-likeness (QED) is 0.758. The van der Waals surface area contributed by atoms with E-state index in [1.54, 1.807) is 0 Å². The molecule has 3 rings (SSSR count). The Labute approximate surface area is 108 Å². The molecule has 1 saturated heterocycles. The Morgan fingerprint density at radius 1 is 1.33 bits per heavy atom. The van der Waals surface area contributed by atoms with E-state index in [9.17, 15) is 5.26 Å². The van der Waals surface area contributed by atoms with Gasteiger partial charge in [-0.05, 0) is 43.7 Å². The van der Waals surface area contributed by atoms with E-state index in [4.69, 9.17) is 0 Å². The van der Waals surface area contributed by atoms with Gasteiger partial charge in [0.2, 0.25) is 0 Å². The number of anilines is 1. The fourth-order valence-electron chi connectivity index (χ4n) is 3.57. The lowest BCUT2D eigenvalue weighted by molar-refractivity contribution is 0.341. The van der Waals surface area contributed by atoms with Crippen LogP contribution in [-0.4, -0.2) is 17.6 Å². The molecule has 0 N–H and O–H groups in total. The van der Waals surface area contributed by atoms with Crippen LogP contribution in [0.25, 0.3) is 0 Å². The van der Waals surface area contributed by atoms with Gasteiger partial charge in [0.15, 0.2) is 0 Å². The van der Waals surface area contributed by atoms with Crippen molar-refractivity contribution in [1.82, 2.24) is 4.98 Å². The topological polar surface area (TPSA) is 39.9 Å². The Kier molecular flexibility index (Phi) is 2.95. The fraction of sp³-hybridized carbons (Fsp3) is 0.600. The van der Waals surface area contributed by atoms with Crippen molar-refractivity contribution in [2.75, 3.05) is 11.4 Å². The molecule has 1 saturated carbocycles. The highest BCUT2D eigenvalue weighted by Gasteiger charge is 2.37. The van der Waals surface area contributed by atoms with E-state index < -0.39 is 0 Å². The van der Waals surface area contributed by atoms with Crippen molar-refractivity contribution < 1.29 is 0 Å². The van der Waals surface area contributed by atoms with Crippen LogP contribution in [0.4, 0.5) is 5.82 Å². The summed E-state index contributed by atoms with van der Waals surface area (Å²) in [5.74, 6) is 1.75. The van der Waals surface area contributed by atoms with Gasteiger partial charge in [-0.2, -0.15) is 5.26 Å². The summed E-state index contributed by atoms with van der Waals surface area (Å²) >= 11 is 0. The molecule has 0 amide bonds. The van der Waals surface area contributed by atoms with Crippen LogP contribution in [0.15, 0.2) is 12.3 Å². The first-order valence-electron chi connectivity index (χ1n) is 6.93. The molecule has 2 unspecified atom stereocenters. The number of hydrogen-bond donors (Lipinski definition) is 0. The third kappa shape index (κ3) is 1.77. The second-order valence-electron chi connectivity index (χ2n) is 5.53. The average Bonchev–Trinajstić information content (AvgIpc) is 2.82. The minimum absolute atomic E-state index is 0.625. The zero-order valence-corrected chi connectivity index (χ0v) is 10.9. The van der Waals surface area contributed by atoms with Crippen molar-refractivity contribution in [3.63, 3.8) is 0 Å². The second-order valence-corrected chi connectivity index (χ2v) is 5.53. The molecule has 0 spiro atoms. The second kappa shape index (κ2) is 4.61. The molecule has 2 heterocycles. The zero-order valence-electron chi connectivity index (χ0n) is 10.9. The van der Waals surface area contributed by atoms with Gasteiger partial charge in [-0.25, -0.2) is 4.98 Å². The van der Waals surface area contributed by atoms with E-state index in [2.05, 4.69) is 16.0 Å². The first kappa shape index (κ1) is 11.5. The molecule has 0 bridgehead atoms. The van der Waals surface area contributed by atoms with Crippen LogP contribution >= 0.6 is 0 Å². The van der Waals surface area contributed by atoms with Crippen LogP contribution in [-0.2, 0) is 0 Å². The van der Waals surface area contributed by atoms with Crippen molar-refractivity contribution in [2.24, 2.45) is 5.92 Å². The highest BCUT2D eigenvalue weighted by atomic mass is 15.2. The lowest BCUT2D eigenvalue weighted by atomic mass is 9.85. The average molecular weight is 241 g/mol. The largest absolute Gasteiger partial charge is 0.352 e. The van der Waals surface area contributed by atoms with Gasteiger partial charge in [0.25, 0.3) is 0 Å². The molecule has 3 heteroatoms. The fourth-order valence-corrected chi connectivity index (χ4v) is 3.57. The summed E-state index contributed by atoms with van der Waals surface area (Å²) in [6, 6.07) is 4.88. The molecular formula is C15H19N3. The maximum Gasteiger partial charge on any atom is 0.147 e. The van der Waals surface area contributed by atoms with Gasteiger partial charge in [-0.15, -0.1) is 0 Å². The Balaban J connectivity index is 1.96. The predicted octanol–water partition coefficient (Wildman–Crippen LogP) is 3.03. The van der Waals surface area contributed by atoms with Gasteiger partial charge < -0.3 is 4.90 Å². The predicted molar refractivity (Wildman–Crippen MR) is 71.4 cm³/mol. The standard InChI is InChI=1S/C15H19N3/c1-11-6-8-17-15(13(11)10-16)18-9-7-12-4-2-3-5-14(12)18/h6,8,12,14H,2-5,7,9H2,1H3. The summed E-state index contributed by atoms with van der Waals surface area (Å²) in [6.45, 7) is 3.07. The number of rotatable bonds is 1. The number of aryl methyl sites for hydroxylation is 1. The zero-order chi connectivity index (χ0) is 12.5. The number of aromatic nitrogens is 1. The van der Waals surface area contributed by atoms with Crippen molar-refractivity contribution >= 4 is 5.82 Å². The lowest BCUT2D eigenvalue weighted by Crippen LogP contribution is -2.35. The molecule has 1 aliphatic carbocycles. The van der Waals surface area contributed by atoms with Crippen molar-refractivity contribution in [2.45, 2.75) is 45.1 Å². The van der Waals surface area contributed by atoms with Gasteiger partial charge in [0.1, 0.15) is 11.9 Å². The number of nitriles is 1. The number of fused-ring (bicyclic) bond motifs is 1. The SMILES string of the molecule is Cc1ccnc(N2CCC3CCCCC32)c1C#N. The number of nitrogens with zero attached hydrogens (tertiary/aromatic N) is 3. The van der Waals surface area contributed by atoms with Crippen molar-refractivity contribution in [1.29, 1.82) is 5.26 Å². The van der Waals surface area contributed by atoms with Gasteiger partial charge in [0.05, 0.1) is 5.56 Å². The van der Waals surface area contributed by atoms with E-state index in [-0.39, 0.29) is 0 Å². The van der Waals surface area contributed by atoms with Crippen LogP contribution in [0.1, 0.15) is 43.2 Å². The molecule has 2 atom stereocenters. The summed E-state index contributed by atoms with van der Waals surface area (Å²) in [6.07, 6.45) is 8.43. The van der Waals surface area contributed by atoms with Crippen molar-refractivity contribution in [3.8, 4) is 6.07 Å². The molecule has 2 fully saturated rings. The molecule has 0 aromatic carbocycles. The van der Waals surface area contributed by atoms with Gasteiger partial charge >= 0.3 is 0 Å². The molecule has 2 aliphatic rings. The molecule has 0 radical (unpaired) electrons. The summed E-state index contributed by atoms with van der Waals surface area (Å²) in [7, 11) is 0. The molecule has 1 aromatic rings. The molecular weight excluding hydrogens is 222 g/mol. The third-order valence-corrected chi connectivity index (χ3v) is 4.53. The molecule has 1 aliphatic heterocycles. The van der Waals surface area contributed by atoms with Crippen LogP contribution < -0.4 is 4.90 Å². The molecule has 18 heavy (non-hydrogen) atoms. The van der Waals surface area contributed by atoms with Crippen LogP contribution in [0.2, 0.25) is 0 Å². The van der Waals surface area contributed by atoms with E-state index in [0.717, 1.165) is 29.4 Å². The summed E-state index contributed by atoms with van der Waals surface area (Å²) in [5, 5.41) is 9.34. The molecule has 1 aromatic heterocycles. The summed E-state index contributed by atoms with van der Waals surface area (Å²) < 4.78 is 0. The number of pyridine rings is 1. The van der Waals surface area contributed by atoms with Crippen molar-refractivity contribution in [3.05, 3.63) is 23.4 Å². The monoisotopic (exact) mass is 241 g/mol. The summed E-state index contributed by atoms with van der Waals surface area (Å²) in [5.41, 5.74) is 1.81. The van der Waals surface area contributed by atoms with Gasteiger partial charge in [-0.1, -0.05) is 12.8 Å².